The fourth-order valence-electron chi connectivity index (χ4n) is 1.68. The van der Waals surface area contributed by atoms with Crippen LogP contribution < -0.4 is 0 Å². The van der Waals surface area contributed by atoms with E-state index in [2.05, 4.69) is 17.1 Å². The number of carbonyl (C=O) groups excluding carboxylic acids is 1. The Morgan fingerprint density at radius 1 is 0.944 bits per heavy atom. The number of nitrogens with zero attached hydrogens (tertiary/aromatic N) is 1. The molecule has 2 heteroatoms. The van der Waals surface area contributed by atoms with Crippen LogP contribution in [0.2, 0.25) is 0 Å². The number of rotatable bonds is 2. The van der Waals surface area contributed by atoms with Gasteiger partial charge in [-0.3, -0.25) is 9.78 Å². The van der Waals surface area contributed by atoms with Crippen LogP contribution in [0.1, 0.15) is 27.7 Å². The molecular weight excluding hydrogens is 222 g/mol. The number of Topliss-reactive ketones (excluding diaryl/α,β-unsaturated/α-hetero) is 1. The molecule has 18 heavy (non-hydrogen) atoms. The summed E-state index contributed by atoms with van der Waals surface area (Å²) in [7, 11) is 0. The monoisotopic (exact) mass is 243 g/mol. The first-order valence-electron chi connectivity index (χ1n) is 6.36. The summed E-state index contributed by atoms with van der Waals surface area (Å²) >= 11 is 0. The first-order valence-corrected chi connectivity index (χ1v) is 6.36. The second kappa shape index (κ2) is 6.90. The van der Waals surface area contributed by atoms with Crippen molar-refractivity contribution in [2.45, 2.75) is 27.7 Å². The predicted octanol–water partition coefficient (Wildman–Crippen LogP) is 4.10. The summed E-state index contributed by atoms with van der Waals surface area (Å²) in [6.07, 6.45) is 1.81. The Balaban J connectivity index is 0.000000187. The number of para-hydroxylation sites is 1. The molecule has 0 fully saturated rings. The molecule has 0 unspecified atom stereocenters. The van der Waals surface area contributed by atoms with E-state index in [-0.39, 0.29) is 11.8 Å². The molecule has 1 heterocycles. The van der Waals surface area contributed by atoms with E-state index < -0.39 is 0 Å². The minimum absolute atomic E-state index is 0.204. The van der Waals surface area contributed by atoms with Gasteiger partial charge in [0.1, 0.15) is 5.78 Å². The largest absolute Gasteiger partial charge is 0.299 e. The summed E-state index contributed by atoms with van der Waals surface area (Å²) < 4.78 is 0. The third kappa shape index (κ3) is 4.28. The molecule has 0 saturated carbocycles. The number of aromatic nitrogens is 1. The molecule has 0 saturated heterocycles. The number of benzene rings is 1. The van der Waals surface area contributed by atoms with Crippen LogP contribution in [0, 0.1) is 11.8 Å². The third-order valence-corrected chi connectivity index (χ3v) is 2.65. The van der Waals surface area contributed by atoms with Crippen LogP contribution in [0.25, 0.3) is 10.9 Å². The highest BCUT2D eigenvalue weighted by Crippen LogP contribution is 2.07. The summed E-state index contributed by atoms with van der Waals surface area (Å²) in [5, 5.41) is 1.20. The first-order chi connectivity index (χ1) is 8.52. The molecule has 0 aliphatic rings. The van der Waals surface area contributed by atoms with Gasteiger partial charge in [-0.1, -0.05) is 52.0 Å². The molecule has 0 atom stereocenters. The van der Waals surface area contributed by atoms with Crippen LogP contribution in [0.3, 0.4) is 0 Å². The van der Waals surface area contributed by atoms with Gasteiger partial charge in [-0.15, -0.1) is 0 Å². The Morgan fingerprint density at radius 2 is 1.50 bits per heavy atom. The summed E-state index contributed by atoms with van der Waals surface area (Å²) in [5.41, 5.74) is 1.06. The predicted molar refractivity (Wildman–Crippen MR) is 76.4 cm³/mol. The Hall–Kier alpha value is -1.70. The van der Waals surface area contributed by atoms with Gasteiger partial charge in [0.25, 0.3) is 0 Å². The third-order valence-electron chi connectivity index (χ3n) is 2.65. The molecule has 2 aromatic rings. The van der Waals surface area contributed by atoms with Crippen LogP contribution in [0.15, 0.2) is 42.6 Å². The van der Waals surface area contributed by atoms with Crippen LogP contribution in [-0.4, -0.2) is 10.8 Å². The van der Waals surface area contributed by atoms with Crippen molar-refractivity contribution >= 4 is 16.7 Å². The van der Waals surface area contributed by atoms with E-state index in [9.17, 15) is 4.79 Å². The van der Waals surface area contributed by atoms with E-state index in [1.165, 1.54) is 5.39 Å². The standard InChI is InChI=1S/C9H7N.C7H14O/c1-2-6-9-8(4-1)5-3-7-10-9;1-5(2)7(8)6(3)4/h1-7H;5-6H,1-4H3. The van der Waals surface area contributed by atoms with Crippen molar-refractivity contribution in [1.82, 2.24) is 4.98 Å². The molecule has 0 amide bonds. The average Bonchev–Trinajstić information content (AvgIpc) is 2.38. The molecular formula is C16H21NO. The molecule has 0 aliphatic carbocycles. The summed E-state index contributed by atoms with van der Waals surface area (Å²) in [4.78, 5) is 15.0. The smallest absolute Gasteiger partial charge is 0.137 e. The number of hydrogen-bond donors (Lipinski definition) is 0. The van der Waals surface area contributed by atoms with Gasteiger partial charge in [-0.25, -0.2) is 0 Å². The molecule has 2 rings (SSSR count). The number of ketones is 1. The Kier molecular flexibility index (Phi) is 5.50. The maximum Gasteiger partial charge on any atom is 0.137 e. The van der Waals surface area contributed by atoms with Gasteiger partial charge in [0.05, 0.1) is 5.52 Å². The Morgan fingerprint density at radius 3 is 2.00 bits per heavy atom. The summed E-state index contributed by atoms with van der Waals surface area (Å²) in [6.45, 7) is 7.73. The molecule has 0 aliphatic heterocycles. The fourth-order valence-corrected chi connectivity index (χ4v) is 1.68. The zero-order valence-corrected chi connectivity index (χ0v) is 11.6. The quantitative estimate of drug-likeness (QED) is 0.794. The highest BCUT2D eigenvalue weighted by Gasteiger charge is 2.09. The molecule has 1 aromatic carbocycles. The van der Waals surface area contributed by atoms with Crippen LogP contribution in [0.4, 0.5) is 0 Å². The normalized spacial score (nSPS) is 10.3. The molecule has 2 nitrogen and oxygen atoms in total. The van der Waals surface area contributed by atoms with Gasteiger partial charge < -0.3 is 0 Å². The van der Waals surface area contributed by atoms with Crippen molar-refractivity contribution < 1.29 is 4.79 Å². The van der Waals surface area contributed by atoms with Crippen LogP contribution >= 0.6 is 0 Å². The van der Waals surface area contributed by atoms with Crippen molar-refractivity contribution in [2.75, 3.05) is 0 Å². The average molecular weight is 243 g/mol. The van der Waals surface area contributed by atoms with Gasteiger partial charge in [0.15, 0.2) is 0 Å². The highest BCUT2D eigenvalue weighted by molar-refractivity contribution is 5.82. The molecule has 96 valence electrons. The molecule has 0 N–H and O–H groups in total. The van der Waals surface area contributed by atoms with Crippen LogP contribution in [-0.2, 0) is 4.79 Å². The topological polar surface area (TPSA) is 30.0 Å². The van der Waals surface area contributed by atoms with Gasteiger partial charge >= 0.3 is 0 Å². The maximum atomic E-state index is 10.8. The second-order valence-corrected chi connectivity index (χ2v) is 4.91. The highest BCUT2D eigenvalue weighted by atomic mass is 16.1. The lowest BCUT2D eigenvalue weighted by Crippen LogP contribution is -2.13. The summed E-state index contributed by atoms with van der Waals surface area (Å²) in [6, 6.07) is 12.1. The molecule has 0 bridgehead atoms. The zero-order valence-electron chi connectivity index (χ0n) is 11.6. The van der Waals surface area contributed by atoms with Crippen molar-refractivity contribution in [3.05, 3.63) is 42.6 Å². The molecule has 0 radical (unpaired) electrons. The molecule has 0 spiro atoms. The van der Waals surface area contributed by atoms with Crippen molar-refractivity contribution in [2.24, 2.45) is 11.8 Å². The number of hydrogen-bond acceptors (Lipinski definition) is 2. The lowest BCUT2D eigenvalue weighted by Gasteiger charge is -2.05. The van der Waals surface area contributed by atoms with E-state index in [0.717, 1.165) is 5.52 Å². The van der Waals surface area contributed by atoms with E-state index in [0.29, 0.717) is 5.78 Å². The lowest BCUT2D eigenvalue weighted by molar-refractivity contribution is -0.124. The van der Waals surface area contributed by atoms with Crippen molar-refractivity contribution in [1.29, 1.82) is 0 Å². The zero-order chi connectivity index (χ0) is 13.5. The Labute approximate surface area is 109 Å². The van der Waals surface area contributed by atoms with E-state index in [4.69, 9.17) is 0 Å². The van der Waals surface area contributed by atoms with Gasteiger partial charge in [-0.05, 0) is 12.1 Å². The SMILES string of the molecule is CC(C)C(=O)C(C)C.c1ccc2ncccc2c1. The van der Waals surface area contributed by atoms with E-state index in [1.807, 2.05) is 58.2 Å². The second-order valence-electron chi connectivity index (χ2n) is 4.91. The van der Waals surface area contributed by atoms with E-state index >= 15 is 0 Å². The Bertz CT molecular complexity index is 428. The lowest BCUT2D eigenvalue weighted by atomic mass is 9.99. The number of pyridine rings is 1. The minimum Gasteiger partial charge on any atom is -0.299 e. The number of fused-ring (bicyclic) bond motifs is 1. The van der Waals surface area contributed by atoms with E-state index in [1.54, 1.807) is 0 Å². The maximum absolute atomic E-state index is 10.8. The van der Waals surface area contributed by atoms with Crippen LogP contribution in [0.5, 0.6) is 0 Å². The van der Waals surface area contributed by atoms with Crippen molar-refractivity contribution in [3.63, 3.8) is 0 Å². The fraction of sp³-hybridized carbons (Fsp3) is 0.375. The summed E-state index contributed by atoms with van der Waals surface area (Å²) in [5.74, 6) is 0.759. The van der Waals surface area contributed by atoms with Crippen molar-refractivity contribution in [3.8, 4) is 0 Å². The molecule has 1 aromatic heterocycles. The van der Waals surface area contributed by atoms with Gasteiger partial charge in [0, 0.05) is 23.4 Å². The first kappa shape index (κ1) is 14.4. The minimum atomic E-state index is 0.204. The van der Waals surface area contributed by atoms with Gasteiger partial charge in [0.2, 0.25) is 0 Å². The number of carbonyl (C=O) groups is 1. The van der Waals surface area contributed by atoms with Gasteiger partial charge in [-0.2, -0.15) is 0 Å².